The van der Waals surface area contributed by atoms with E-state index in [0.717, 1.165) is 28.7 Å². The zero-order valence-electron chi connectivity index (χ0n) is 21.7. The van der Waals surface area contributed by atoms with Crippen LogP contribution in [0.3, 0.4) is 0 Å². The summed E-state index contributed by atoms with van der Waals surface area (Å²) in [5.41, 5.74) is 2.50. The third kappa shape index (κ3) is 6.64. The first-order valence-corrected chi connectivity index (χ1v) is 12.6. The van der Waals surface area contributed by atoms with E-state index < -0.39 is 11.5 Å². The number of methoxy groups -OCH3 is 1. The summed E-state index contributed by atoms with van der Waals surface area (Å²) in [6, 6.07) is 12.0. The van der Waals surface area contributed by atoms with Gasteiger partial charge in [-0.05, 0) is 57.1 Å². The van der Waals surface area contributed by atoms with Crippen molar-refractivity contribution < 1.29 is 9.84 Å². The van der Waals surface area contributed by atoms with Crippen LogP contribution in [0.25, 0.3) is 0 Å². The number of nitrogens with zero attached hydrogens (tertiary/aromatic N) is 2. The maximum Gasteiger partial charge on any atom is 0.216 e. The topological polar surface area (TPSA) is 45.6 Å². The summed E-state index contributed by atoms with van der Waals surface area (Å²) >= 11 is 6.26. The maximum absolute atomic E-state index is 12.6. The molecule has 1 aliphatic rings. The van der Waals surface area contributed by atoms with E-state index in [0.29, 0.717) is 23.9 Å². The molecule has 0 bridgehead atoms. The first kappa shape index (κ1) is 27.7. The van der Waals surface area contributed by atoms with Gasteiger partial charge in [-0.1, -0.05) is 90.5 Å². The van der Waals surface area contributed by atoms with Gasteiger partial charge in [-0.15, -0.1) is 0 Å². The highest BCUT2D eigenvalue weighted by Crippen LogP contribution is 2.47. The van der Waals surface area contributed by atoms with Crippen LogP contribution in [-0.2, 0) is 5.60 Å². The molecule has 1 aliphatic carbocycles. The van der Waals surface area contributed by atoms with E-state index in [1.165, 1.54) is 0 Å². The normalized spacial score (nSPS) is 18.7. The van der Waals surface area contributed by atoms with Gasteiger partial charge in [-0.3, -0.25) is 0 Å². The Kier molecular flexibility index (Phi) is 9.89. The molecule has 2 aromatic rings. The monoisotopic (exact) mass is 504 g/mol. The second-order valence-electron chi connectivity index (χ2n) is 9.47. The van der Waals surface area contributed by atoms with Gasteiger partial charge in [-0.25, -0.2) is 4.98 Å². The number of pyridine rings is 1. The van der Waals surface area contributed by atoms with Crippen LogP contribution in [0.4, 0.5) is 0 Å². The van der Waals surface area contributed by atoms with E-state index in [4.69, 9.17) is 21.3 Å². The van der Waals surface area contributed by atoms with E-state index in [1.807, 2.05) is 69.7 Å². The van der Waals surface area contributed by atoms with Crippen LogP contribution in [0.1, 0.15) is 48.3 Å². The third-order valence-electron chi connectivity index (χ3n) is 6.66. The molecule has 0 saturated carbocycles. The Morgan fingerprint density at radius 2 is 2.03 bits per heavy atom. The summed E-state index contributed by atoms with van der Waals surface area (Å²) in [7, 11) is 5.66. The lowest BCUT2D eigenvalue weighted by Crippen LogP contribution is -2.38. The number of aliphatic hydroxyl groups is 1. The van der Waals surface area contributed by atoms with Crippen molar-refractivity contribution in [2.24, 2.45) is 0 Å². The van der Waals surface area contributed by atoms with Gasteiger partial charge in [0.25, 0.3) is 0 Å². The molecule has 5 heteroatoms. The predicted octanol–water partition coefficient (Wildman–Crippen LogP) is 6.87. The number of aromatic nitrogens is 1. The van der Waals surface area contributed by atoms with Crippen molar-refractivity contribution in [3.8, 4) is 5.88 Å². The first-order chi connectivity index (χ1) is 17.3. The predicted molar refractivity (Wildman–Crippen MR) is 151 cm³/mol. The Hall–Kier alpha value is -2.92. The molecule has 190 valence electrons. The fraction of sp³-hybridized carbons (Fsp3) is 0.323. The highest BCUT2D eigenvalue weighted by molar-refractivity contribution is 6.31. The summed E-state index contributed by atoms with van der Waals surface area (Å²) in [6.45, 7) is 6.47. The zero-order valence-corrected chi connectivity index (χ0v) is 22.4. The van der Waals surface area contributed by atoms with Crippen LogP contribution in [0.5, 0.6) is 5.88 Å². The minimum atomic E-state index is -1.23. The minimum Gasteiger partial charge on any atom is -0.481 e. The summed E-state index contributed by atoms with van der Waals surface area (Å²) in [5.74, 6) is 0.291. The van der Waals surface area contributed by atoms with Crippen LogP contribution in [0.15, 0.2) is 102 Å². The Morgan fingerprint density at radius 1 is 1.28 bits per heavy atom. The minimum absolute atomic E-state index is 0.221. The number of halogens is 1. The molecule has 36 heavy (non-hydrogen) atoms. The molecule has 1 N–H and O–H groups in total. The fourth-order valence-corrected chi connectivity index (χ4v) is 4.79. The molecule has 0 saturated heterocycles. The molecule has 1 aromatic carbocycles. The Morgan fingerprint density at radius 3 is 2.64 bits per heavy atom. The van der Waals surface area contributed by atoms with Crippen LogP contribution < -0.4 is 4.74 Å². The molecule has 3 unspecified atom stereocenters. The van der Waals surface area contributed by atoms with E-state index in [9.17, 15) is 5.11 Å². The van der Waals surface area contributed by atoms with Gasteiger partial charge in [0, 0.05) is 35.2 Å². The highest BCUT2D eigenvalue weighted by atomic mass is 35.5. The zero-order chi connectivity index (χ0) is 26.1. The average molecular weight is 505 g/mol. The van der Waals surface area contributed by atoms with Crippen LogP contribution >= 0.6 is 11.6 Å². The van der Waals surface area contributed by atoms with Crippen molar-refractivity contribution >= 4 is 11.6 Å². The van der Waals surface area contributed by atoms with Crippen LogP contribution in [0.2, 0.25) is 0 Å². The Bertz CT molecular complexity index is 1150. The number of allylic oxidation sites excluding steroid dienone is 8. The van der Waals surface area contributed by atoms with Crippen molar-refractivity contribution in [1.29, 1.82) is 0 Å². The smallest absolute Gasteiger partial charge is 0.216 e. The second-order valence-corrected chi connectivity index (χ2v) is 9.90. The van der Waals surface area contributed by atoms with Gasteiger partial charge in [0.15, 0.2) is 0 Å². The Balaban J connectivity index is 2.27. The van der Waals surface area contributed by atoms with Gasteiger partial charge < -0.3 is 14.7 Å². The van der Waals surface area contributed by atoms with E-state index in [2.05, 4.69) is 41.8 Å². The first-order valence-electron chi connectivity index (χ1n) is 12.3. The Labute approximate surface area is 221 Å². The summed E-state index contributed by atoms with van der Waals surface area (Å²) < 4.78 is 5.77. The summed E-state index contributed by atoms with van der Waals surface area (Å²) in [4.78, 5) is 6.79. The van der Waals surface area contributed by atoms with E-state index >= 15 is 0 Å². The number of hydrogen-bond donors (Lipinski definition) is 1. The molecule has 0 fully saturated rings. The molecule has 4 nitrogen and oxygen atoms in total. The molecular weight excluding hydrogens is 468 g/mol. The lowest BCUT2D eigenvalue weighted by Gasteiger charge is -2.39. The number of rotatable bonds is 11. The molecule has 3 rings (SSSR count). The summed E-state index contributed by atoms with van der Waals surface area (Å²) in [5, 5.41) is 13.1. The van der Waals surface area contributed by atoms with E-state index in [-0.39, 0.29) is 5.92 Å². The lowest BCUT2D eigenvalue weighted by molar-refractivity contribution is 0.00264. The number of hydrogen-bond acceptors (Lipinski definition) is 4. The molecule has 1 aromatic heterocycles. The number of ether oxygens (including phenoxy) is 1. The van der Waals surface area contributed by atoms with Crippen molar-refractivity contribution in [2.75, 3.05) is 27.7 Å². The molecule has 0 radical (unpaired) electrons. The number of benzene rings is 1. The van der Waals surface area contributed by atoms with Gasteiger partial charge in [0.2, 0.25) is 5.88 Å². The molecular formula is C31H37ClN2O2. The van der Waals surface area contributed by atoms with Gasteiger partial charge >= 0.3 is 0 Å². The largest absolute Gasteiger partial charge is 0.481 e. The van der Waals surface area contributed by atoms with Crippen LogP contribution in [0, 0.1) is 0 Å². The third-order valence-corrected chi connectivity index (χ3v) is 6.94. The molecule has 1 heterocycles. The fourth-order valence-electron chi connectivity index (χ4n) is 4.72. The summed E-state index contributed by atoms with van der Waals surface area (Å²) in [6.07, 6.45) is 17.1. The SMILES string of the molecule is C=C/C(Cl)=C\C=C(/C)C(c1cc(C2C=CC=CC2)cnc1OC)C(O)(CCN(C)C)c1ccccc1. The van der Waals surface area contributed by atoms with Gasteiger partial charge in [0.05, 0.1) is 7.11 Å². The lowest BCUT2D eigenvalue weighted by atomic mass is 9.71. The van der Waals surface area contributed by atoms with Crippen molar-refractivity contribution in [3.63, 3.8) is 0 Å². The average Bonchev–Trinajstić information content (AvgIpc) is 2.91. The molecule has 0 amide bonds. The molecule has 3 atom stereocenters. The van der Waals surface area contributed by atoms with Crippen molar-refractivity contribution in [1.82, 2.24) is 9.88 Å². The van der Waals surface area contributed by atoms with Crippen molar-refractivity contribution in [2.45, 2.75) is 37.2 Å². The second kappa shape index (κ2) is 12.9. The van der Waals surface area contributed by atoms with Gasteiger partial charge in [0.1, 0.15) is 5.60 Å². The van der Waals surface area contributed by atoms with Crippen LogP contribution in [-0.4, -0.2) is 42.7 Å². The maximum atomic E-state index is 12.6. The quantitative estimate of drug-likeness (QED) is 0.339. The van der Waals surface area contributed by atoms with Crippen molar-refractivity contribution in [3.05, 3.63) is 119 Å². The standard InChI is InChI=1S/C31H37ClN2O2/c1-6-27(32)18-17-23(2)29(31(35,19-20-34(3)4)26-15-11-8-12-16-26)28-21-25(22-33-30(28)36-5)24-13-9-7-10-14-24/h6-13,15-18,21-22,24,29,35H,1,14,19-20H2,2-5H3/b23-17+,27-18+. The van der Waals surface area contributed by atoms with Gasteiger partial charge in [-0.2, -0.15) is 0 Å². The molecule has 0 aliphatic heterocycles. The highest BCUT2D eigenvalue weighted by Gasteiger charge is 2.42. The molecule has 0 spiro atoms. The van der Waals surface area contributed by atoms with E-state index in [1.54, 1.807) is 13.2 Å².